The van der Waals surface area contributed by atoms with Crippen LogP contribution in [0.25, 0.3) is 0 Å². The molecule has 0 spiro atoms. The topological polar surface area (TPSA) is 46.5 Å². The van der Waals surface area contributed by atoms with E-state index in [1.54, 1.807) is 0 Å². The first-order valence-electron chi connectivity index (χ1n) is 8.18. The Morgan fingerprint density at radius 2 is 1.61 bits per heavy atom. The van der Waals surface area contributed by atoms with E-state index >= 15 is 0 Å². The minimum Gasteiger partial charge on any atom is -0.459 e. The van der Waals surface area contributed by atoms with Crippen molar-refractivity contribution in [3.05, 3.63) is 71.8 Å². The van der Waals surface area contributed by atoms with Gasteiger partial charge in [-0.05, 0) is 17.5 Å². The zero-order chi connectivity index (χ0) is 16.3. The van der Waals surface area contributed by atoms with E-state index in [1.807, 2.05) is 67.6 Å². The zero-order valence-corrected chi connectivity index (χ0v) is 13.3. The van der Waals surface area contributed by atoms with Crippen LogP contribution >= 0.6 is 0 Å². The number of aliphatic hydroxyl groups is 1. The molecule has 3 nitrogen and oxygen atoms in total. The summed E-state index contributed by atoms with van der Waals surface area (Å²) < 4.78 is 5.61. The molecular formula is C20H22O3. The highest BCUT2D eigenvalue weighted by Gasteiger charge is 2.53. The first-order valence-corrected chi connectivity index (χ1v) is 8.18. The van der Waals surface area contributed by atoms with Gasteiger partial charge in [0.1, 0.15) is 11.5 Å². The van der Waals surface area contributed by atoms with Crippen LogP contribution in [-0.4, -0.2) is 23.3 Å². The van der Waals surface area contributed by atoms with Crippen LogP contribution in [-0.2, 0) is 14.9 Å². The number of rotatable bonds is 5. The summed E-state index contributed by atoms with van der Waals surface area (Å²) in [5, 5.41) is 10.3. The average molecular weight is 310 g/mol. The van der Waals surface area contributed by atoms with E-state index in [4.69, 9.17) is 4.74 Å². The number of benzene rings is 2. The Balaban J connectivity index is 2.06. The molecule has 1 fully saturated rings. The van der Waals surface area contributed by atoms with Gasteiger partial charge in [0.05, 0.1) is 6.10 Å². The predicted molar refractivity (Wildman–Crippen MR) is 89.1 cm³/mol. The summed E-state index contributed by atoms with van der Waals surface area (Å²) in [7, 11) is 0. The van der Waals surface area contributed by atoms with Gasteiger partial charge in [-0.1, -0.05) is 74.0 Å². The van der Waals surface area contributed by atoms with Crippen LogP contribution in [0, 0.1) is 0 Å². The largest absolute Gasteiger partial charge is 0.459 e. The van der Waals surface area contributed by atoms with E-state index in [0.29, 0.717) is 12.8 Å². The van der Waals surface area contributed by atoms with Gasteiger partial charge in [0, 0.05) is 6.42 Å². The molecule has 1 aliphatic rings. The van der Waals surface area contributed by atoms with Crippen LogP contribution in [0.4, 0.5) is 0 Å². The molecule has 1 aliphatic heterocycles. The third-order valence-corrected chi connectivity index (χ3v) is 4.66. The lowest BCUT2D eigenvalue weighted by Crippen LogP contribution is -2.33. The average Bonchev–Trinajstić information content (AvgIpc) is 2.95. The molecule has 0 amide bonds. The Hall–Kier alpha value is -2.13. The van der Waals surface area contributed by atoms with Crippen molar-refractivity contribution in [3.8, 4) is 0 Å². The van der Waals surface area contributed by atoms with Crippen LogP contribution in [0.5, 0.6) is 0 Å². The number of carbonyl (C=O) groups excluding carboxylic acids is 1. The Labute approximate surface area is 136 Å². The summed E-state index contributed by atoms with van der Waals surface area (Å²) in [5.41, 5.74) is 1.01. The number of carbonyl (C=O) groups is 1. The number of aliphatic hydroxyl groups excluding tert-OH is 1. The predicted octanol–water partition coefficient (Wildman–Crippen LogP) is 3.45. The van der Waals surface area contributed by atoms with Crippen molar-refractivity contribution in [2.75, 3.05) is 0 Å². The van der Waals surface area contributed by atoms with Crippen LogP contribution in [0.2, 0.25) is 0 Å². The number of cyclic esters (lactones) is 1. The summed E-state index contributed by atoms with van der Waals surface area (Å²) in [6, 6.07) is 19.5. The van der Waals surface area contributed by atoms with Gasteiger partial charge in [-0.15, -0.1) is 0 Å². The number of ether oxygens (including phenoxy) is 1. The highest BCUT2D eigenvalue weighted by atomic mass is 16.6. The molecule has 0 bridgehead atoms. The highest BCUT2D eigenvalue weighted by molar-refractivity contribution is 5.89. The number of hydrogen-bond donors (Lipinski definition) is 1. The SMILES string of the molecule is CCCC(O)C1CC(c2ccccc2)(c2ccccc2)C(=O)O1. The lowest BCUT2D eigenvalue weighted by atomic mass is 9.72. The molecule has 2 aromatic rings. The van der Waals surface area contributed by atoms with Gasteiger partial charge >= 0.3 is 5.97 Å². The second kappa shape index (κ2) is 6.55. The van der Waals surface area contributed by atoms with Crippen LogP contribution in [0.1, 0.15) is 37.3 Å². The van der Waals surface area contributed by atoms with Gasteiger partial charge in [-0.25, -0.2) is 0 Å². The molecule has 0 aliphatic carbocycles. The fourth-order valence-electron chi connectivity index (χ4n) is 3.44. The molecule has 0 saturated carbocycles. The van der Waals surface area contributed by atoms with Crippen LogP contribution in [0.15, 0.2) is 60.7 Å². The van der Waals surface area contributed by atoms with E-state index < -0.39 is 17.6 Å². The molecule has 1 N–H and O–H groups in total. The van der Waals surface area contributed by atoms with E-state index in [0.717, 1.165) is 17.5 Å². The molecule has 120 valence electrons. The lowest BCUT2D eigenvalue weighted by Gasteiger charge is -2.26. The Morgan fingerprint density at radius 1 is 1.09 bits per heavy atom. The monoisotopic (exact) mass is 310 g/mol. The van der Waals surface area contributed by atoms with Crippen LogP contribution in [0.3, 0.4) is 0 Å². The smallest absolute Gasteiger partial charge is 0.321 e. The van der Waals surface area contributed by atoms with Crippen molar-refractivity contribution < 1.29 is 14.6 Å². The molecule has 3 rings (SSSR count). The molecule has 23 heavy (non-hydrogen) atoms. The normalized spacial score (nSPS) is 21.0. The van der Waals surface area contributed by atoms with Crippen molar-refractivity contribution in [2.45, 2.75) is 43.8 Å². The van der Waals surface area contributed by atoms with Gasteiger partial charge in [0.25, 0.3) is 0 Å². The quantitative estimate of drug-likeness (QED) is 0.860. The highest BCUT2D eigenvalue weighted by Crippen LogP contribution is 2.44. The van der Waals surface area contributed by atoms with Crippen molar-refractivity contribution >= 4 is 5.97 Å². The molecule has 2 aromatic carbocycles. The Morgan fingerprint density at radius 3 is 2.09 bits per heavy atom. The van der Waals surface area contributed by atoms with Crippen molar-refractivity contribution in [1.29, 1.82) is 0 Å². The van der Waals surface area contributed by atoms with E-state index in [9.17, 15) is 9.90 Å². The zero-order valence-electron chi connectivity index (χ0n) is 13.3. The fourth-order valence-corrected chi connectivity index (χ4v) is 3.44. The second-order valence-electron chi connectivity index (χ2n) is 6.14. The van der Waals surface area contributed by atoms with Crippen molar-refractivity contribution in [3.63, 3.8) is 0 Å². The molecule has 0 aromatic heterocycles. The second-order valence-corrected chi connectivity index (χ2v) is 6.14. The first kappa shape index (κ1) is 15.8. The van der Waals surface area contributed by atoms with Gasteiger partial charge < -0.3 is 9.84 Å². The molecule has 3 heteroatoms. The molecule has 1 heterocycles. The molecule has 2 unspecified atom stereocenters. The third-order valence-electron chi connectivity index (χ3n) is 4.66. The van der Waals surface area contributed by atoms with E-state index in [2.05, 4.69) is 0 Å². The maximum Gasteiger partial charge on any atom is 0.321 e. The summed E-state index contributed by atoms with van der Waals surface area (Å²) in [6.07, 6.45) is 0.901. The van der Waals surface area contributed by atoms with E-state index in [1.165, 1.54) is 0 Å². The molecular weight excluding hydrogens is 288 g/mol. The first-order chi connectivity index (χ1) is 11.2. The standard InChI is InChI=1S/C20H22O3/c1-2-9-17(21)18-14-20(19(22)23-18,15-10-5-3-6-11-15)16-12-7-4-8-13-16/h3-8,10-13,17-18,21H,2,9,14H2,1H3. The molecule has 2 atom stereocenters. The van der Waals surface area contributed by atoms with E-state index in [-0.39, 0.29) is 5.97 Å². The number of hydrogen-bond acceptors (Lipinski definition) is 3. The number of esters is 1. The summed E-state index contributed by atoms with van der Waals surface area (Å²) in [5.74, 6) is -0.268. The molecule has 0 radical (unpaired) electrons. The van der Waals surface area contributed by atoms with Gasteiger partial charge in [0.2, 0.25) is 0 Å². The Bertz CT molecular complexity index is 612. The van der Waals surface area contributed by atoms with Crippen LogP contribution < -0.4 is 0 Å². The van der Waals surface area contributed by atoms with Crippen molar-refractivity contribution in [2.24, 2.45) is 0 Å². The summed E-state index contributed by atoms with van der Waals surface area (Å²) >= 11 is 0. The maximum atomic E-state index is 12.9. The van der Waals surface area contributed by atoms with Gasteiger partial charge in [-0.2, -0.15) is 0 Å². The van der Waals surface area contributed by atoms with Gasteiger partial charge in [-0.3, -0.25) is 4.79 Å². The van der Waals surface area contributed by atoms with Gasteiger partial charge in [0.15, 0.2) is 0 Å². The fraction of sp³-hybridized carbons (Fsp3) is 0.350. The summed E-state index contributed by atoms with van der Waals surface area (Å²) in [4.78, 5) is 12.9. The Kier molecular flexibility index (Phi) is 4.49. The molecule has 1 saturated heterocycles. The minimum atomic E-state index is -0.831. The third kappa shape index (κ3) is 2.77. The van der Waals surface area contributed by atoms with Crippen molar-refractivity contribution in [1.82, 2.24) is 0 Å². The minimum absolute atomic E-state index is 0.268. The summed E-state index contributed by atoms with van der Waals surface area (Å²) in [6.45, 7) is 2.02. The lowest BCUT2D eigenvalue weighted by molar-refractivity contribution is -0.148. The maximum absolute atomic E-state index is 12.9.